The first-order valence-electron chi connectivity index (χ1n) is 28.6. The molecule has 4 aliphatic rings. The van der Waals surface area contributed by atoms with Crippen LogP contribution in [0.1, 0.15) is 110 Å². The van der Waals surface area contributed by atoms with Crippen molar-refractivity contribution in [3.63, 3.8) is 0 Å². The second-order valence-corrected chi connectivity index (χ2v) is 25.1. The molecule has 0 aliphatic carbocycles. The summed E-state index contributed by atoms with van der Waals surface area (Å²) in [6, 6.07) is -1.13. The number of nitrogens with one attached hydrogen (secondary N) is 7. The molecule has 0 saturated carbocycles. The Morgan fingerprint density at radius 1 is 0.800 bits per heavy atom. The van der Waals surface area contributed by atoms with Gasteiger partial charge >= 0.3 is 5.97 Å². The molecule has 4 aliphatic heterocycles. The van der Waals surface area contributed by atoms with E-state index in [4.69, 9.17) is 0 Å². The zero-order valence-electron chi connectivity index (χ0n) is 48.5. The summed E-state index contributed by atoms with van der Waals surface area (Å²) >= 11 is 1.28. The number of aliphatic hydroxyl groups excluding tert-OH is 1. The van der Waals surface area contributed by atoms with Gasteiger partial charge < -0.3 is 52.0 Å². The van der Waals surface area contributed by atoms with Crippen molar-refractivity contribution in [1.29, 1.82) is 0 Å². The molecule has 2 aromatic rings. The van der Waals surface area contributed by atoms with Crippen LogP contribution < -0.4 is 31.9 Å². The van der Waals surface area contributed by atoms with E-state index >= 15 is 4.21 Å². The number of aromatic nitrogens is 1. The van der Waals surface area contributed by atoms with Crippen molar-refractivity contribution in [2.45, 2.75) is 152 Å². The first-order chi connectivity index (χ1) is 40.2. The Balaban J connectivity index is 1.37. The molecule has 28 heteroatoms. The lowest BCUT2D eigenvalue weighted by atomic mass is 9.86. The molecule has 6 rings (SSSR count). The summed E-state index contributed by atoms with van der Waals surface area (Å²) in [5.74, 6) is -16.3. The van der Waals surface area contributed by atoms with Gasteiger partial charge in [-0.2, -0.15) is 11.8 Å². The van der Waals surface area contributed by atoms with E-state index in [0.717, 1.165) is 9.80 Å². The molecule has 1 aromatic heterocycles. The molecule has 5 heterocycles. The Kier molecular flexibility index (Phi) is 23.8. The number of carbonyl (C=O) groups is 14. The van der Waals surface area contributed by atoms with Gasteiger partial charge in [-0.3, -0.25) is 76.2 Å². The molecule has 464 valence electrons. The number of carbonyl (C=O) groups excluding carboxylic acids is 13. The third kappa shape index (κ3) is 17.5. The summed E-state index contributed by atoms with van der Waals surface area (Å²) in [5.41, 5.74) is 0.787. The number of benzene rings is 1. The number of likely N-dealkylation sites (tertiary alicyclic amines) is 1. The number of amides is 9. The van der Waals surface area contributed by atoms with Gasteiger partial charge in [-0.05, 0) is 54.2 Å². The van der Waals surface area contributed by atoms with Crippen molar-refractivity contribution in [1.82, 2.24) is 46.7 Å². The van der Waals surface area contributed by atoms with Crippen LogP contribution in [-0.2, 0) is 90.8 Å². The number of aromatic amines is 1. The number of carboxylic acid groups (broad SMARTS) is 1. The highest BCUT2D eigenvalue weighted by molar-refractivity contribution is 8.00. The molecular weight excluding hydrogens is 1150 g/mol. The van der Waals surface area contributed by atoms with Crippen LogP contribution in [0, 0.1) is 29.6 Å². The SMILES string of the molecule is CCC(C)[C@@H]1NC(=O)[C@@H]2C[C@@H](O)CN2C(=O)[C@H](CC(=O)O)CC(=O)[C@@H]2CS(=O)c3[nH]c4ccc(CC(=O)CNC(=O)C(C)CC(=O)CCCN5C(=O)CC(SC)C5=O)cc4c3C[C@H](CC1=O)C(=O)NCC(=O)N[C@@H]([C@@H](C)CC)C(=O)NCC(=O)N2. The molecule has 1 aromatic carbocycles. The average molecular weight is 1220 g/mol. The molecule has 12 atom stereocenters. The highest BCUT2D eigenvalue weighted by atomic mass is 32.2. The van der Waals surface area contributed by atoms with E-state index in [1.165, 1.54) is 18.7 Å². The predicted molar refractivity (Wildman–Crippen MR) is 307 cm³/mol. The van der Waals surface area contributed by atoms with Crippen LogP contribution in [-0.4, -0.2) is 192 Å². The fourth-order valence-electron chi connectivity index (χ4n) is 11.0. The molecule has 4 unspecified atom stereocenters. The number of carboxylic acids is 1. The summed E-state index contributed by atoms with van der Waals surface area (Å²) in [6.07, 6.45) is -2.20. The number of thioether (sulfide) groups is 1. The standard InChI is InChI=1S/C57H77N9O17S2/c1-7-28(3)49-43(71)18-32-17-38-37-16-31(15-35(68)23-58-51(77)30(5)14-34(67)10-9-13-65-47(74)22-44(84-6)57(65)82)11-12-39(37)62-55(38)85(83)27-40(61-45(72)24-60-54(80)50(29(4)8-2)63-46(73)25-59-52(32)78)42(70)19-33(20-48(75)76)56(81)66-26-36(69)21-41(66)53(79)64-49/h11-12,16,28-30,32-33,36,40-41,44,49-50,62,69H,7-10,13-15,17-27H2,1-6H3,(H,58,77)(H,59,78)(H,60,80)(H,61,72)(H,63,73)(H,64,79)(H,75,76)/t28?,29-,30?,32+,33-,36+,40-,41-,44?,49-,50-,85?/m0/s1. The first kappa shape index (κ1) is 66.9. The van der Waals surface area contributed by atoms with Crippen LogP contribution in [0.5, 0.6) is 0 Å². The van der Waals surface area contributed by atoms with Gasteiger partial charge in [0, 0.05) is 80.8 Å². The number of nitrogens with zero attached hydrogens (tertiary/aromatic N) is 2. The quantitative estimate of drug-likeness (QED) is 0.0834. The van der Waals surface area contributed by atoms with E-state index < -0.39 is 198 Å². The Morgan fingerprint density at radius 2 is 1.47 bits per heavy atom. The van der Waals surface area contributed by atoms with E-state index in [9.17, 15) is 77.3 Å². The average Bonchev–Trinajstić information content (AvgIpc) is 3.27. The van der Waals surface area contributed by atoms with Gasteiger partial charge in [0.1, 0.15) is 22.9 Å². The van der Waals surface area contributed by atoms with Gasteiger partial charge in [0.25, 0.3) is 0 Å². The molecule has 26 nitrogen and oxygen atoms in total. The lowest BCUT2D eigenvalue weighted by Gasteiger charge is -2.31. The Hall–Kier alpha value is -7.20. The van der Waals surface area contributed by atoms with Crippen LogP contribution in [0.4, 0.5) is 0 Å². The van der Waals surface area contributed by atoms with Crippen molar-refractivity contribution in [2.75, 3.05) is 44.7 Å². The first-order valence-corrected chi connectivity index (χ1v) is 31.2. The largest absolute Gasteiger partial charge is 0.481 e. The minimum absolute atomic E-state index is 0.0180. The Labute approximate surface area is 497 Å². The molecule has 2 saturated heterocycles. The molecular formula is C57H77N9O17S2. The van der Waals surface area contributed by atoms with Crippen molar-refractivity contribution in [3.8, 4) is 0 Å². The fourth-order valence-corrected chi connectivity index (χ4v) is 13.0. The molecule has 9 N–H and O–H groups in total. The highest BCUT2D eigenvalue weighted by Crippen LogP contribution is 2.32. The van der Waals surface area contributed by atoms with Gasteiger partial charge in [-0.15, -0.1) is 0 Å². The molecule has 0 spiro atoms. The number of fused-ring (bicyclic) bond motifs is 5. The minimum atomic E-state index is -2.39. The number of Topliss-reactive ketones (excluding diaryl/α,β-unsaturated/α-hetero) is 4. The normalized spacial score (nSPS) is 26.3. The topological polar surface area (TPSA) is 391 Å². The van der Waals surface area contributed by atoms with Crippen LogP contribution in [0.3, 0.4) is 0 Å². The van der Waals surface area contributed by atoms with Crippen LogP contribution in [0.15, 0.2) is 23.2 Å². The zero-order valence-corrected chi connectivity index (χ0v) is 50.2. The molecule has 0 radical (unpaired) electrons. The number of imide groups is 1. The Morgan fingerprint density at radius 3 is 2.13 bits per heavy atom. The van der Waals surface area contributed by atoms with Gasteiger partial charge in [-0.1, -0.05) is 53.5 Å². The van der Waals surface area contributed by atoms with E-state index in [0.29, 0.717) is 18.4 Å². The molecule has 85 heavy (non-hydrogen) atoms. The summed E-state index contributed by atoms with van der Waals surface area (Å²) in [4.78, 5) is 196. The Bertz CT molecular complexity index is 3000. The predicted octanol–water partition coefficient (Wildman–Crippen LogP) is -0.695. The summed E-state index contributed by atoms with van der Waals surface area (Å²) in [6.45, 7) is 6.03. The summed E-state index contributed by atoms with van der Waals surface area (Å²) in [5, 5.41) is 35.9. The lowest BCUT2D eigenvalue weighted by Crippen LogP contribution is -2.55. The summed E-state index contributed by atoms with van der Waals surface area (Å²) in [7, 11) is -2.39. The van der Waals surface area contributed by atoms with E-state index in [1.807, 2.05) is 0 Å². The molecule has 2 fully saturated rings. The van der Waals surface area contributed by atoms with Crippen molar-refractivity contribution in [3.05, 3.63) is 29.3 Å². The van der Waals surface area contributed by atoms with E-state index in [1.54, 1.807) is 52.1 Å². The number of hydrogen-bond acceptors (Lipinski definition) is 17. The minimum Gasteiger partial charge on any atom is -0.481 e. The van der Waals surface area contributed by atoms with Crippen molar-refractivity contribution in [2.24, 2.45) is 29.6 Å². The number of aliphatic carboxylic acids is 1. The number of aliphatic hydroxyl groups is 1. The maximum atomic E-state index is 15.1. The number of H-pyrrole nitrogens is 1. The van der Waals surface area contributed by atoms with Crippen LogP contribution in [0.2, 0.25) is 0 Å². The number of ketones is 4. The second kappa shape index (κ2) is 30.2. The molecule has 2 bridgehead atoms. The van der Waals surface area contributed by atoms with E-state index in [-0.39, 0.29) is 84.2 Å². The van der Waals surface area contributed by atoms with Gasteiger partial charge in [-0.25, -0.2) is 0 Å². The van der Waals surface area contributed by atoms with Gasteiger partial charge in [0.05, 0.1) is 72.0 Å². The third-order valence-electron chi connectivity index (χ3n) is 16.2. The van der Waals surface area contributed by atoms with Gasteiger partial charge in [0.2, 0.25) is 53.2 Å². The van der Waals surface area contributed by atoms with Crippen LogP contribution >= 0.6 is 11.8 Å². The maximum absolute atomic E-state index is 15.1. The van der Waals surface area contributed by atoms with Crippen molar-refractivity contribution >= 4 is 116 Å². The van der Waals surface area contributed by atoms with Crippen molar-refractivity contribution < 1.29 is 81.5 Å². The number of rotatable bonds is 18. The smallest absolute Gasteiger partial charge is 0.304 e. The maximum Gasteiger partial charge on any atom is 0.304 e. The monoisotopic (exact) mass is 1220 g/mol. The molecule has 9 amide bonds. The van der Waals surface area contributed by atoms with Gasteiger partial charge in [0.15, 0.2) is 17.3 Å². The highest BCUT2D eigenvalue weighted by Gasteiger charge is 2.45. The number of hydrogen-bond donors (Lipinski definition) is 9. The van der Waals surface area contributed by atoms with Crippen LogP contribution in [0.25, 0.3) is 10.9 Å². The second-order valence-electron chi connectivity index (χ2n) is 22.6. The zero-order chi connectivity index (χ0) is 62.6. The summed E-state index contributed by atoms with van der Waals surface area (Å²) < 4.78 is 15.1. The van der Waals surface area contributed by atoms with E-state index in [2.05, 4.69) is 36.9 Å². The third-order valence-corrected chi connectivity index (χ3v) is 18.6. The fraction of sp³-hybridized carbons (Fsp3) is 0.614. The lowest BCUT2D eigenvalue weighted by molar-refractivity contribution is -0.148.